The molecule has 3 rings (SSSR count). The molecule has 1 fully saturated rings. The summed E-state index contributed by atoms with van der Waals surface area (Å²) >= 11 is 0. The molecule has 0 unspecified atom stereocenters. The fourth-order valence-corrected chi connectivity index (χ4v) is 2.96. The summed E-state index contributed by atoms with van der Waals surface area (Å²) in [6.45, 7) is 1.57. The Morgan fingerprint density at radius 1 is 1.25 bits per heavy atom. The smallest absolute Gasteiger partial charge is 0.225 e. The topological polar surface area (TPSA) is 94.6 Å². The molecule has 146 valence electrons. The van der Waals surface area contributed by atoms with Gasteiger partial charge >= 0.3 is 0 Å². The number of halogens is 1. The Balaban J connectivity index is 1.58. The van der Waals surface area contributed by atoms with Crippen LogP contribution in [0.5, 0.6) is 0 Å². The fraction of sp³-hybridized carbons (Fsp3) is 0.400. The van der Waals surface area contributed by atoms with Gasteiger partial charge in [0.25, 0.3) is 0 Å². The highest BCUT2D eigenvalue weighted by Gasteiger charge is 2.18. The second-order valence-electron chi connectivity index (χ2n) is 6.45. The molecule has 1 aliphatic rings. The molecule has 0 atom stereocenters. The molecule has 1 aliphatic heterocycles. The Hall–Kier alpha value is -3.05. The van der Waals surface area contributed by atoms with E-state index in [1.165, 1.54) is 0 Å². The molecular weight excluding hydrogens is 361 g/mol. The summed E-state index contributed by atoms with van der Waals surface area (Å²) in [6, 6.07) is 6.97. The molecule has 0 spiro atoms. The van der Waals surface area contributed by atoms with Gasteiger partial charge in [-0.05, 0) is 6.42 Å². The highest BCUT2D eigenvalue weighted by atomic mass is 19.1. The van der Waals surface area contributed by atoms with Gasteiger partial charge in [-0.1, -0.05) is 23.4 Å². The SMILES string of the molecule is N#CCCCON=C1CCN(c2ncc(-c3cccc(CO)c3F)cn2)CC1. The molecule has 8 heteroatoms. The maximum Gasteiger partial charge on any atom is 0.225 e. The van der Waals surface area contributed by atoms with Crippen molar-refractivity contribution < 1.29 is 14.3 Å². The normalized spacial score (nSPS) is 13.9. The first-order valence-corrected chi connectivity index (χ1v) is 9.23. The van der Waals surface area contributed by atoms with Crippen molar-refractivity contribution >= 4 is 11.7 Å². The van der Waals surface area contributed by atoms with Crippen molar-refractivity contribution in [2.45, 2.75) is 32.3 Å². The standard InChI is InChI=1S/C20H22FN5O2/c21-19-15(14-27)4-3-5-18(19)16-12-23-20(24-13-16)26-9-6-17(7-10-26)25-28-11-2-1-8-22/h3-5,12-13,27H,1-2,6-7,9-11,14H2. The van der Waals surface area contributed by atoms with Crippen molar-refractivity contribution in [3.8, 4) is 17.2 Å². The number of hydrogen-bond acceptors (Lipinski definition) is 7. The van der Waals surface area contributed by atoms with E-state index in [1.54, 1.807) is 30.6 Å². The molecule has 28 heavy (non-hydrogen) atoms. The van der Waals surface area contributed by atoms with Crippen LogP contribution in [0.4, 0.5) is 10.3 Å². The molecule has 0 aliphatic carbocycles. The summed E-state index contributed by atoms with van der Waals surface area (Å²) < 4.78 is 14.4. The zero-order valence-corrected chi connectivity index (χ0v) is 15.5. The first-order chi connectivity index (χ1) is 13.7. The zero-order chi connectivity index (χ0) is 19.8. The van der Waals surface area contributed by atoms with Gasteiger partial charge in [-0.3, -0.25) is 0 Å². The summed E-state index contributed by atoms with van der Waals surface area (Å²) in [4.78, 5) is 16.1. The molecule has 0 saturated carbocycles. The lowest BCUT2D eigenvalue weighted by Crippen LogP contribution is -2.35. The molecule has 2 heterocycles. The third-order valence-corrected chi connectivity index (χ3v) is 4.54. The van der Waals surface area contributed by atoms with E-state index in [2.05, 4.69) is 26.1 Å². The van der Waals surface area contributed by atoms with Crippen LogP contribution < -0.4 is 4.90 Å². The van der Waals surface area contributed by atoms with Crippen molar-refractivity contribution in [3.05, 3.63) is 42.0 Å². The van der Waals surface area contributed by atoms with E-state index < -0.39 is 5.82 Å². The van der Waals surface area contributed by atoms with Crippen molar-refractivity contribution in [1.82, 2.24) is 9.97 Å². The molecular formula is C20H22FN5O2. The quantitative estimate of drug-likeness (QED) is 0.583. The number of rotatable bonds is 7. The minimum absolute atomic E-state index is 0.249. The first-order valence-electron chi connectivity index (χ1n) is 9.23. The van der Waals surface area contributed by atoms with Gasteiger partial charge in [0.1, 0.15) is 12.4 Å². The molecule has 1 saturated heterocycles. The number of nitrogens with zero attached hydrogens (tertiary/aromatic N) is 5. The van der Waals surface area contributed by atoms with Crippen molar-refractivity contribution in [2.24, 2.45) is 5.16 Å². The number of piperidine rings is 1. The predicted octanol–water partition coefficient (Wildman–Crippen LogP) is 3.05. The summed E-state index contributed by atoms with van der Waals surface area (Å²) in [6.07, 6.45) is 5.88. The van der Waals surface area contributed by atoms with E-state index in [0.29, 0.717) is 36.5 Å². The van der Waals surface area contributed by atoms with E-state index >= 15 is 0 Å². The van der Waals surface area contributed by atoms with Crippen LogP contribution in [0.2, 0.25) is 0 Å². The van der Waals surface area contributed by atoms with E-state index in [0.717, 1.165) is 31.6 Å². The van der Waals surface area contributed by atoms with Gasteiger partial charge in [0.15, 0.2) is 0 Å². The minimum atomic E-state index is -0.449. The van der Waals surface area contributed by atoms with Crippen LogP contribution in [0.25, 0.3) is 11.1 Å². The lowest BCUT2D eigenvalue weighted by atomic mass is 10.1. The molecule has 7 nitrogen and oxygen atoms in total. The first kappa shape index (κ1) is 19.7. The lowest BCUT2D eigenvalue weighted by Gasteiger charge is -2.27. The summed E-state index contributed by atoms with van der Waals surface area (Å²) in [5, 5.41) is 21.8. The molecule has 0 bridgehead atoms. The third kappa shape index (κ3) is 4.81. The van der Waals surface area contributed by atoms with E-state index in [-0.39, 0.29) is 12.2 Å². The monoisotopic (exact) mass is 383 g/mol. The van der Waals surface area contributed by atoms with Gasteiger partial charge in [0.2, 0.25) is 5.95 Å². The van der Waals surface area contributed by atoms with Crippen LogP contribution in [0.15, 0.2) is 35.7 Å². The average Bonchev–Trinajstić information content (AvgIpc) is 2.74. The third-order valence-electron chi connectivity index (χ3n) is 4.54. The van der Waals surface area contributed by atoms with E-state index in [1.807, 2.05) is 0 Å². The summed E-state index contributed by atoms with van der Waals surface area (Å²) in [5.41, 5.74) is 2.19. The Kier molecular flexibility index (Phi) is 6.87. The highest BCUT2D eigenvalue weighted by molar-refractivity contribution is 5.86. The van der Waals surface area contributed by atoms with Gasteiger partial charge in [0, 0.05) is 61.4 Å². The molecule has 1 aromatic heterocycles. The number of benzene rings is 1. The number of aromatic nitrogens is 2. The van der Waals surface area contributed by atoms with E-state index in [4.69, 9.17) is 10.1 Å². The van der Waals surface area contributed by atoms with Gasteiger partial charge in [-0.25, -0.2) is 14.4 Å². The number of anilines is 1. The van der Waals surface area contributed by atoms with Crippen molar-refractivity contribution in [2.75, 3.05) is 24.6 Å². The Bertz CT molecular complexity index is 854. The summed E-state index contributed by atoms with van der Waals surface area (Å²) in [7, 11) is 0. The second-order valence-corrected chi connectivity index (χ2v) is 6.45. The zero-order valence-electron chi connectivity index (χ0n) is 15.5. The van der Waals surface area contributed by atoms with Crippen molar-refractivity contribution in [1.29, 1.82) is 5.26 Å². The number of hydrogen-bond donors (Lipinski definition) is 1. The Morgan fingerprint density at radius 3 is 2.68 bits per heavy atom. The maximum absolute atomic E-state index is 14.4. The molecule has 0 amide bonds. The van der Waals surface area contributed by atoms with Crippen LogP contribution in [-0.2, 0) is 11.4 Å². The number of aliphatic hydroxyl groups is 1. The molecule has 1 N–H and O–H groups in total. The molecule has 0 radical (unpaired) electrons. The van der Waals surface area contributed by atoms with Gasteiger partial charge < -0.3 is 14.8 Å². The fourth-order valence-electron chi connectivity index (χ4n) is 2.96. The van der Waals surface area contributed by atoms with Gasteiger partial charge in [-0.15, -0.1) is 0 Å². The number of unbranched alkanes of at least 4 members (excludes halogenated alkanes) is 1. The number of aliphatic hydroxyl groups excluding tert-OH is 1. The maximum atomic E-state index is 14.4. The highest BCUT2D eigenvalue weighted by Crippen LogP contribution is 2.25. The van der Waals surface area contributed by atoms with Crippen LogP contribution in [0, 0.1) is 17.1 Å². The number of oxime groups is 1. The van der Waals surface area contributed by atoms with Crippen molar-refractivity contribution in [3.63, 3.8) is 0 Å². The average molecular weight is 383 g/mol. The van der Waals surface area contributed by atoms with E-state index in [9.17, 15) is 9.50 Å². The molecule has 2 aromatic rings. The molecule has 1 aromatic carbocycles. The van der Waals surface area contributed by atoms with Gasteiger partial charge in [-0.2, -0.15) is 5.26 Å². The Labute approximate surface area is 163 Å². The second kappa shape index (κ2) is 9.76. The summed E-state index contributed by atoms with van der Waals surface area (Å²) in [5.74, 6) is 0.145. The largest absolute Gasteiger partial charge is 0.396 e. The van der Waals surface area contributed by atoms with Gasteiger partial charge in [0.05, 0.1) is 18.4 Å². The van der Waals surface area contributed by atoms with Crippen LogP contribution in [-0.4, -0.2) is 40.5 Å². The Morgan fingerprint density at radius 2 is 2.00 bits per heavy atom. The predicted molar refractivity (Wildman–Crippen MR) is 103 cm³/mol. The minimum Gasteiger partial charge on any atom is -0.396 e. The number of nitriles is 1. The lowest BCUT2D eigenvalue weighted by molar-refractivity contribution is 0.141. The van der Waals surface area contributed by atoms with Crippen LogP contribution >= 0.6 is 0 Å². The van der Waals surface area contributed by atoms with Crippen LogP contribution in [0.3, 0.4) is 0 Å². The van der Waals surface area contributed by atoms with Crippen LogP contribution in [0.1, 0.15) is 31.2 Å².